The molecule has 0 aliphatic carbocycles. The minimum absolute atomic E-state index is 0.0990. The second-order valence-electron chi connectivity index (χ2n) is 4.11. The van der Waals surface area contributed by atoms with E-state index in [1.165, 1.54) is 0 Å². The molecule has 4 nitrogen and oxygen atoms in total. The van der Waals surface area contributed by atoms with Crippen LogP contribution in [0.25, 0.3) is 0 Å². The van der Waals surface area contributed by atoms with Crippen LogP contribution >= 0.6 is 0 Å². The molecule has 0 amide bonds. The van der Waals surface area contributed by atoms with Gasteiger partial charge in [-0.05, 0) is 30.9 Å². The molecular weight excluding hydrogens is 220 g/mol. The van der Waals surface area contributed by atoms with Crippen LogP contribution < -0.4 is 0 Å². The van der Waals surface area contributed by atoms with Gasteiger partial charge in [-0.3, -0.25) is 9.59 Å². The molecular formula is C13H16O4. The van der Waals surface area contributed by atoms with Crippen molar-refractivity contribution in [2.24, 2.45) is 0 Å². The van der Waals surface area contributed by atoms with Gasteiger partial charge in [0, 0.05) is 12.8 Å². The summed E-state index contributed by atoms with van der Waals surface area (Å²) >= 11 is 0. The summed E-state index contributed by atoms with van der Waals surface area (Å²) in [4.78, 5) is 21.0. The zero-order valence-corrected chi connectivity index (χ0v) is 9.77. The Labute approximate surface area is 99.9 Å². The van der Waals surface area contributed by atoms with Crippen molar-refractivity contribution in [3.63, 3.8) is 0 Å². The Morgan fingerprint density at radius 1 is 0.941 bits per heavy atom. The first-order chi connectivity index (χ1) is 7.97. The Balaban J connectivity index is 2.71. The Morgan fingerprint density at radius 2 is 1.35 bits per heavy atom. The molecule has 0 atom stereocenters. The molecule has 0 aliphatic heterocycles. The van der Waals surface area contributed by atoms with Gasteiger partial charge in [0.2, 0.25) is 0 Å². The molecule has 0 bridgehead atoms. The zero-order chi connectivity index (χ0) is 12.8. The second-order valence-corrected chi connectivity index (χ2v) is 4.11. The van der Waals surface area contributed by atoms with Crippen molar-refractivity contribution < 1.29 is 19.8 Å². The van der Waals surface area contributed by atoms with E-state index in [0.29, 0.717) is 12.8 Å². The number of hydrogen-bond acceptors (Lipinski definition) is 2. The molecule has 2 N–H and O–H groups in total. The fraction of sp³-hybridized carbons (Fsp3) is 0.385. The zero-order valence-electron chi connectivity index (χ0n) is 9.77. The fourth-order valence-corrected chi connectivity index (χ4v) is 1.74. The lowest BCUT2D eigenvalue weighted by Crippen LogP contribution is -2.01. The summed E-state index contributed by atoms with van der Waals surface area (Å²) in [6.45, 7) is 1.93. The molecule has 1 aromatic rings. The number of rotatable bonds is 6. The van der Waals surface area contributed by atoms with Crippen LogP contribution in [0.3, 0.4) is 0 Å². The summed E-state index contributed by atoms with van der Waals surface area (Å²) in [5.74, 6) is -1.64. The van der Waals surface area contributed by atoms with Crippen molar-refractivity contribution in [1.29, 1.82) is 0 Å². The Morgan fingerprint density at radius 3 is 1.71 bits per heavy atom. The number of aliphatic carboxylic acids is 2. The molecule has 0 radical (unpaired) electrons. The van der Waals surface area contributed by atoms with Crippen LogP contribution in [-0.2, 0) is 22.4 Å². The molecule has 0 fully saturated rings. The summed E-state index contributed by atoms with van der Waals surface area (Å²) < 4.78 is 0. The van der Waals surface area contributed by atoms with E-state index in [2.05, 4.69) is 0 Å². The third-order valence-electron chi connectivity index (χ3n) is 2.45. The number of carboxylic acids is 2. The van der Waals surface area contributed by atoms with Crippen LogP contribution in [0, 0.1) is 6.92 Å². The topological polar surface area (TPSA) is 74.6 Å². The first-order valence-electron chi connectivity index (χ1n) is 5.50. The third kappa shape index (κ3) is 5.15. The molecule has 0 heterocycles. The van der Waals surface area contributed by atoms with Gasteiger partial charge < -0.3 is 10.2 Å². The molecule has 0 saturated carbocycles. The highest BCUT2D eigenvalue weighted by atomic mass is 16.4. The van der Waals surface area contributed by atoms with E-state index in [1.54, 1.807) is 0 Å². The van der Waals surface area contributed by atoms with Crippen molar-refractivity contribution in [2.75, 3.05) is 0 Å². The van der Waals surface area contributed by atoms with E-state index >= 15 is 0 Å². The largest absolute Gasteiger partial charge is 0.481 e. The minimum Gasteiger partial charge on any atom is -0.481 e. The predicted molar refractivity (Wildman–Crippen MR) is 63.1 cm³/mol. The van der Waals surface area contributed by atoms with Gasteiger partial charge in [0.05, 0.1) is 0 Å². The molecule has 1 aromatic carbocycles. The highest BCUT2D eigenvalue weighted by molar-refractivity contribution is 5.67. The number of carbonyl (C=O) groups is 2. The summed E-state index contributed by atoms with van der Waals surface area (Å²) in [6.07, 6.45) is 1.16. The lowest BCUT2D eigenvalue weighted by Gasteiger charge is -2.06. The van der Waals surface area contributed by atoms with Gasteiger partial charge in [0.15, 0.2) is 0 Å². The van der Waals surface area contributed by atoms with E-state index in [1.807, 2.05) is 25.1 Å². The summed E-state index contributed by atoms with van der Waals surface area (Å²) in [5.41, 5.74) is 2.94. The van der Waals surface area contributed by atoms with Gasteiger partial charge in [-0.15, -0.1) is 0 Å². The van der Waals surface area contributed by atoms with E-state index in [0.717, 1.165) is 16.7 Å². The lowest BCUT2D eigenvalue weighted by molar-refractivity contribution is -0.137. The Hall–Kier alpha value is -1.84. The first kappa shape index (κ1) is 13.2. The van der Waals surface area contributed by atoms with Crippen molar-refractivity contribution in [1.82, 2.24) is 0 Å². The van der Waals surface area contributed by atoms with Crippen molar-refractivity contribution in [2.45, 2.75) is 32.6 Å². The minimum atomic E-state index is -0.821. The number of carboxylic acid groups (broad SMARTS) is 2. The molecule has 0 saturated heterocycles. The van der Waals surface area contributed by atoms with Gasteiger partial charge in [-0.1, -0.05) is 23.8 Å². The molecule has 92 valence electrons. The molecule has 1 rings (SSSR count). The molecule has 0 aromatic heterocycles. The SMILES string of the molecule is Cc1cc(CCC(=O)O)cc(CCC(=O)O)c1. The maximum Gasteiger partial charge on any atom is 0.303 e. The smallest absolute Gasteiger partial charge is 0.303 e. The normalized spacial score (nSPS) is 10.2. The fourth-order valence-electron chi connectivity index (χ4n) is 1.74. The van der Waals surface area contributed by atoms with Crippen molar-refractivity contribution in [3.05, 3.63) is 34.9 Å². The van der Waals surface area contributed by atoms with Crippen LogP contribution in [0.2, 0.25) is 0 Å². The van der Waals surface area contributed by atoms with E-state index in [-0.39, 0.29) is 12.8 Å². The quantitative estimate of drug-likeness (QED) is 0.792. The lowest BCUT2D eigenvalue weighted by atomic mass is 10.0. The number of benzene rings is 1. The maximum absolute atomic E-state index is 10.5. The summed E-state index contributed by atoms with van der Waals surface area (Å²) in [7, 11) is 0. The number of hydrogen-bond donors (Lipinski definition) is 2. The molecule has 0 aliphatic rings. The molecule has 0 unspecified atom stereocenters. The maximum atomic E-state index is 10.5. The molecule has 4 heteroatoms. The molecule has 0 spiro atoms. The van der Waals surface area contributed by atoms with Crippen molar-refractivity contribution >= 4 is 11.9 Å². The van der Waals surface area contributed by atoms with Crippen LogP contribution in [-0.4, -0.2) is 22.2 Å². The Bertz CT molecular complexity index is 387. The highest BCUT2D eigenvalue weighted by Crippen LogP contribution is 2.13. The van der Waals surface area contributed by atoms with Crippen molar-refractivity contribution in [3.8, 4) is 0 Å². The van der Waals surface area contributed by atoms with Gasteiger partial charge >= 0.3 is 11.9 Å². The van der Waals surface area contributed by atoms with Gasteiger partial charge in [0.25, 0.3) is 0 Å². The molecule has 17 heavy (non-hydrogen) atoms. The van der Waals surface area contributed by atoms with Gasteiger partial charge in [-0.25, -0.2) is 0 Å². The highest BCUT2D eigenvalue weighted by Gasteiger charge is 2.04. The summed E-state index contributed by atoms with van der Waals surface area (Å²) in [5, 5.41) is 17.2. The average molecular weight is 236 g/mol. The van der Waals surface area contributed by atoms with Crippen LogP contribution in [0.15, 0.2) is 18.2 Å². The van der Waals surface area contributed by atoms with E-state index in [4.69, 9.17) is 10.2 Å². The van der Waals surface area contributed by atoms with Gasteiger partial charge in [-0.2, -0.15) is 0 Å². The van der Waals surface area contributed by atoms with Crippen LogP contribution in [0.4, 0.5) is 0 Å². The second kappa shape index (κ2) is 6.03. The average Bonchev–Trinajstić information content (AvgIpc) is 2.23. The van der Waals surface area contributed by atoms with E-state index < -0.39 is 11.9 Å². The number of aryl methyl sites for hydroxylation is 3. The van der Waals surface area contributed by atoms with E-state index in [9.17, 15) is 9.59 Å². The third-order valence-corrected chi connectivity index (χ3v) is 2.45. The Kier molecular flexibility index (Phi) is 4.69. The van der Waals surface area contributed by atoms with Gasteiger partial charge in [0.1, 0.15) is 0 Å². The standard InChI is InChI=1S/C13H16O4/c1-9-6-10(2-4-12(14)15)8-11(7-9)3-5-13(16)17/h6-8H,2-5H2,1H3,(H,14,15)(H,16,17). The predicted octanol–water partition coefficient (Wildman–Crippen LogP) is 2.03. The summed E-state index contributed by atoms with van der Waals surface area (Å²) in [6, 6.07) is 5.76. The van der Waals surface area contributed by atoms with Crippen LogP contribution in [0.5, 0.6) is 0 Å². The first-order valence-corrected chi connectivity index (χ1v) is 5.50. The monoisotopic (exact) mass is 236 g/mol. The van der Waals surface area contributed by atoms with Crippen LogP contribution in [0.1, 0.15) is 29.5 Å².